The zero-order chi connectivity index (χ0) is 8.72. The normalized spacial score (nSPS) is 21.0. The van der Waals surface area contributed by atoms with Gasteiger partial charge in [0.25, 0.3) is 0 Å². The van der Waals surface area contributed by atoms with Crippen LogP contribution in [0.5, 0.6) is 5.75 Å². The van der Waals surface area contributed by atoms with Gasteiger partial charge < -0.3 is 10.8 Å². The van der Waals surface area contributed by atoms with E-state index in [-0.39, 0.29) is 6.04 Å². The van der Waals surface area contributed by atoms with Gasteiger partial charge in [0.1, 0.15) is 5.75 Å². The second-order valence-corrected chi connectivity index (χ2v) is 4.39. The number of halogens is 1. The van der Waals surface area contributed by atoms with E-state index < -0.39 is 0 Å². The molecule has 3 N–H and O–H groups in total. The quantitative estimate of drug-likeness (QED) is 0.711. The third kappa shape index (κ3) is 1.21. The van der Waals surface area contributed by atoms with E-state index in [1.165, 1.54) is 5.56 Å². The van der Waals surface area contributed by atoms with Crippen LogP contribution in [0, 0.1) is 3.57 Å². The van der Waals surface area contributed by atoms with Gasteiger partial charge >= 0.3 is 0 Å². The highest BCUT2D eigenvalue weighted by atomic mass is 127. The van der Waals surface area contributed by atoms with Crippen LogP contribution < -0.4 is 5.73 Å². The first kappa shape index (κ1) is 8.31. The molecule has 0 saturated heterocycles. The highest BCUT2D eigenvalue weighted by molar-refractivity contribution is 14.1. The van der Waals surface area contributed by atoms with Crippen molar-refractivity contribution in [3.8, 4) is 5.75 Å². The molecule has 3 heteroatoms. The number of benzene rings is 1. The number of hydrogen-bond acceptors (Lipinski definition) is 2. The van der Waals surface area contributed by atoms with Gasteiger partial charge in [-0.15, -0.1) is 0 Å². The monoisotopic (exact) mass is 275 g/mol. The Labute approximate surface area is 84.9 Å². The molecular weight excluding hydrogens is 265 g/mol. The third-order valence-electron chi connectivity index (χ3n) is 2.30. The van der Waals surface area contributed by atoms with Crippen molar-refractivity contribution in [3.63, 3.8) is 0 Å². The Morgan fingerprint density at radius 3 is 3.00 bits per heavy atom. The van der Waals surface area contributed by atoms with Gasteiger partial charge in [0.05, 0.1) is 0 Å². The Balaban J connectivity index is 2.60. The fraction of sp³-hybridized carbons (Fsp3) is 0.333. The smallest absolute Gasteiger partial charge is 0.121 e. The Hall–Kier alpha value is -0.290. The number of nitrogens with two attached hydrogens (primary N) is 1. The summed E-state index contributed by atoms with van der Waals surface area (Å²) in [5.74, 6) is 0.363. The van der Waals surface area contributed by atoms with Crippen LogP contribution in [0.15, 0.2) is 12.1 Å². The summed E-state index contributed by atoms with van der Waals surface area (Å²) in [4.78, 5) is 0. The van der Waals surface area contributed by atoms with Crippen LogP contribution in [0.2, 0.25) is 0 Å². The minimum atomic E-state index is 0.0389. The van der Waals surface area contributed by atoms with Crippen molar-refractivity contribution < 1.29 is 5.11 Å². The zero-order valence-corrected chi connectivity index (χ0v) is 8.71. The summed E-state index contributed by atoms with van der Waals surface area (Å²) in [5, 5.41) is 9.60. The van der Waals surface area contributed by atoms with E-state index in [1.54, 1.807) is 6.07 Å². The molecule has 1 aliphatic rings. The summed E-state index contributed by atoms with van der Waals surface area (Å²) < 4.78 is 1.08. The molecule has 1 aliphatic carbocycles. The van der Waals surface area contributed by atoms with E-state index in [0.717, 1.165) is 22.0 Å². The van der Waals surface area contributed by atoms with Gasteiger partial charge in [-0.25, -0.2) is 0 Å². The van der Waals surface area contributed by atoms with E-state index >= 15 is 0 Å². The molecule has 0 saturated carbocycles. The molecule has 0 bridgehead atoms. The summed E-state index contributed by atoms with van der Waals surface area (Å²) in [7, 11) is 0. The molecule has 0 unspecified atom stereocenters. The minimum absolute atomic E-state index is 0.0389. The molecule has 0 heterocycles. The molecule has 64 valence electrons. The van der Waals surface area contributed by atoms with E-state index in [0.29, 0.717) is 5.75 Å². The van der Waals surface area contributed by atoms with Gasteiger partial charge in [-0.05, 0) is 53.1 Å². The molecule has 0 aliphatic heterocycles. The van der Waals surface area contributed by atoms with Gasteiger partial charge in [-0.1, -0.05) is 0 Å². The maximum Gasteiger partial charge on any atom is 0.121 e. The second-order valence-electron chi connectivity index (χ2n) is 3.14. The molecule has 0 spiro atoms. The fourth-order valence-electron chi connectivity index (χ4n) is 1.75. The predicted molar refractivity (Wildman–Crippen MR) is 56.1 cm³/mol. The lowest BCUT2D eigenvalue weighted by Gasteiger charge is -2.07. The van der Waals surface area contributed by atoms with Gasteiger partial charge in [0.2, 0.25) is 0 Å². The van der Waals surface area contributed by atoms with Crippen LogP contribution in [-0.4, -0.2) is 5.11 Å². The standard InChI is InChI=1S/C9H10INO/c10-6-3-5-1-2-7(11)9(5)8(12)4-6/h3-4,7,12H,1-2,11H2/t7-/m1/s1. The molecule has 2 rings (SSSR count). The number of hydrogen-bond donors (Lipinski definition) is 2. The summed E-state index contributed by atoms with van der Waals surface area (Å²) in [6.45, 7) is 0. The van der Waals surface area contributed by atoms with Gasteiger partial charge in [-0.2, -0.15) is 0 Å². The van der Waals surface area contributed by atoms with Crippen LogP contribution in [0.1, 0.15) is 23.6 Å². The lowest BCUT2D eigenvalue weighted by atomic mass is 10.1. The highest BCUT2D eigenvalue weighted by Gasteiger charge is 2.22. The Morgan fingerprint density at radius 2 is 2.25 bits per heavy atom. The third-order valence-corrected chi connectivity index (χ3v) is 2.93. The molecule has 0 radical (unpaired) electrons. The molecular formula is C9H10INO. The molecule has 2 nitrogen and oxygen atoms in total. The minimum Gasteiger partial charge on any atom is -0.508 e. The lowest BCUT2D eigenvalue weighted by molar-refractivity contribution is 0.463. The maximum absolute atomic E-state index is 9.60. The van der Waals surface area contributed by atoms with Crippen molar-refractivity contribution in [2.75, 3.05) is 0 Å². The lowest BCUT2D eigenvalue weighted by Crippen LogP contribution is -2.05. The van der Waals surface area contributed by atoms with Crippen molar-refractivity contribution in [1.29, 1.82) is 0 Å². The van der Waals surface area contributed by atoms with Crippen molar-refractivity contribution in [2.24, 2.45) is 5.73 Å². The average molecular weight is 275 g/mol. The number of phenols is 1. The molecule has 1 aromatic rings. The van der Waals surface area contributed by atoms with Crippen LogP contribution >= 0.6 is 22.6 Å². The summed E-state index contributed by atoms with van der Waals surface area (Å²) in [6, 6.07) is 3.91. The molecule has 1 atom stereocenters. The van der Waals surface area contributed by atoms with Gasteiger partial charge in [0, 0.05) is 15.2 Å². The number of aryl methyl sites for hydroxylation is 1. The molecule has 1 aromatic carbocycles. The first-order valence-electron chi connectivity index (χ1n) is 3.95. The van der Waals surface area contributed by atoms with Crippen molar-refractivity contribution in [1.82, 2.24) is 0 Å². The van der Waals surface area contributed by atoms with Crippen molar-refractivity contribution in [3.05, 3.63) is 26.8 Å². The molecule has 12 heavy (non-hydrogen) atoms. The van der Waals surface area contributed by atoms with E-state index in [2.05, 4.69) is 28.7 Å². The first-order valence-corrected chi connectivity index (χ1v) is 5.03. The largest absolute Gasteiger partial charge is 0.508 e. The van der Waals surface area contributed by atoms with Crippen LogP contribution in [0.4, 0.5) is 0 Å². The van der Waals surface area contributed by atoms with Crippen molar-refractivity contribution >= 4 is 22.6 Å². The van der Waals surface area contributed by atoms with Crippen molar-refractivity contribution in [2.45, 2.75) is 18.9 Å². The highest BCUT2D eigenvalue weighted by Crippen LogP contribution is 2.36. The van der Waals surface area contributed by atoms with Crippen LogP contribution in [0.3, 0.4) is 0 Å². The number of aromatic hydroxyl groups is 1. The Morgan fingerprint density at radius 1 is 1.50 bits per heavy atom. The fourth-order valence-corrected chi connectivity index (χ4v) is 2.42. The molecule has 0 aromatic heterocycles. The maximum atomic E-state index is 9.60. The SMILES string of the molecule is N[C@@H]1CCc2cc(I)cc(O)c21. The number of fused-ring (bicyclic) bond motifs is 1. The predicted octanol–water partition coefficient (Wildman–Crippen LogP) is 1.94. The molecule has 0 fully saturated rings. The average Bonchev–Trinajstić information content (AvgIpc) is 2.31. The first-order chi connectivity index (χ1) is 5.68. The van der Waals surface area contributed by atoms with Crippen LogP contribution in [0.25, 0.3) is 0 Å². The topological polar surface area (TPSA) is 46.2 Å². The Kier molecular flexibility index (Phi) is 2.00. The number of rotatable bonds is 0. The summed E-state index contributed by atoms with van der Waals surface area (Å²) >= 11 is 2.21. The van der Waals surface area contributed by atoms with Gasteiger partial charge in [-0.3, -0.25) is 0 Å². The number of phenolic OH excluding ortho intramolecular Hbond substituents is 1. The molecule has 0 amide bonds. The second kappa shape index (κ2) is 2.88. The summed E-state index contributed by atoms with van der Waals surface area (Å²) in [5.41, 5.74) is 8.00. The summed E-state index contributed by atoms with van der Waals surface area (Å²) in [6.07, 6.45) is 1.96. The van der Waals surface area contributed by atoms with Gasteiger partial charge in [0.15, 0.2) is 0 Å². The van der Waals surface area contributed by atoms with E-state index in [9.17, 15) is 5.11 Å². The van der Waals surface area contributed by atoms with Crippen LogP contribution in [-0.2, 0) is 6.42 Å². The van der Waals surface area contributed by atoms with E-state index in [1.807, 2.05) is 0 Å². The van der Waals surface area contributed by atoms with E-state index in [4.69, 9.17) is 5.73 Å². The zero-order valence-electron chi connectivity index (χ0n) is 6.55. The Bertz CT molecular complexity index is 325.